The Kier molecular flexibility index (Phi) is 6.16. The number of hydrogen-bond donors (Lipinski definition) is 2. The van der Waals surface area contributed by atoms with E-state index in [0.29, 0.717) is 22.3 Å². The minimum absolute atomic E-state index is 0.00979. The van der Waals surface area contributed by atoms with E-state index in [-0.39, 0.29) is 17.7 Å². The summed E-state index contributed by atoms with van der Waals surface area (Å²) in [5, 5.41) is 7.13. The van der Waals surface area contributed by atoms with Crippen LogP contribution in [0.5, 0.6) is 0 Å². The number of aryl methyl sites for hydroxylation is 2. The van der Waals surface area contributed by atoms with Crippen LogP contribution in [-0.4, -0.2) is 23.3 Å². The van der Waals surface area contributed by atoms with Gasteiger partial charge in [-0.3, -0.25) is 14.9 Å². The Hall–Kier alpha value is -2.70. The van der Waals surface area contributed by atoms with Crippen LogP contribution in [-0.2, 0) is 17.6 Å². The Morgan fingerprint density at radius 1 is 1.13 bits per heavy atom. The molecule has 7 heteroatoms. The Balaban J connectivity index is 1.35. The zero-order chi connectivity index (χ0) is 21.1. The second-order valence-corrected chi connectivity index (χ2v) is 8.93. The maximum atomic E-state index is 12.7. The molecule has 0 spiro atoms. The lowest BCUT2D eigenvalue weighted by Gasteiger charge is -2.11. The van der Waals surface area contributed by atoms with E-state index >= 15 is 0 Å². The molecule has 2 aromatic carbocycles. The number of benzene rings is 2. The van der Waals surface area contributed by atoms with Gasteiger partial charge in [0.05, 0.1) is 11.6 Å². The van der Waals surface area contributed by atoms with Gasteiger partial charge in [-0.25, -0.2) is 4.98 Å². The summed E-state index contributed by atoms with van der Waals surface area (Å²) in [7, 11) is 0. The fourth-order valence-corrected chi connectivity index (χ4v) is 4.67. The molecule has 0 saturated heterocycles. The molecular formula is C23H22ClN3O2S. The minimum atomic E-state index is -0.258. The van der Waals surface area contributed by atoms with Crippen LogP contribution in [0, 0.1) is 6.92 Å². The molecule has 2 N–H and O–H groups in total. The zero-order valence-electron chi connectivity index (χ0n) is 16.6. The van der Waals surface area contributed by atoms with Crippen LogP contribution in [0.1, 0.15) is 44.4 Å². The third kappa shape index (κ3) is 4.71. The summed E-state index contributed by atoms with van der Waals surface area (Å²) in [6.45, 7) is 2.54. The topological polar surface area (TPSA) is 71.1 Å². The molecular weight excluding hydrogens is 418 g/mol. The molecule has 0 bridgehead atoms. The van der Waals surface area contributed by atoms with Crippen molar-refractivity contribution in [1.29, 1.82) is 0 Å². The van der Waals surface area contributed by atoms with E-state index < -0.39 is 0 Å². The van der Waals surface area contributed by atoms with E-state index in [9.17, 15) is 9.59 Å². The Morgan fingerprint density at radius 2 is 1.87 bits per heavy atom. The molecule has 0 aliphatic heterocycles. The normalized spacial score (nSPS) is 14.9. The maximum Gasteiger partial charge on any atom is 0.257 e. The summed E-state index contributed by atoms with van der Waals surface area (Å²) in [6.07, 6.45) is 2.31. The van der Waals surface area contributed by atoms with Crippen LogP contribution in [0.15, 0.2) is 48.5 Å². The molecule has 0 fully saturated rings. The lowest BCUT2D eigenvalue weighted by atomic mass is 10.1. The number of nitrogens with zero attached hydrogens (tertiary/aromatic N) is 1. The molecule has 5 nitrogen and oxygen atoms in total. The molecule has 1 aliphatic carbocycles. The highest BCUT2D eigenvalue weighted by Gasteiger charge is 2.32. The highest BCUT2D eigenvalue weighted by atomic mass is 35.5. The number of aromatic nitrogens is 1. The number of halogens is 1. The average Bonchev–Trinajstić information content (AvgIpc) is 3.30. The van der Waals surface area contributed by atoms with Gasteiger partial charge in [0.2, 0.25) is 5.91 Å². The zero-order valence-corrected chi connectivity index (χ0v) is 18.1. The van der Waals surface area contributed by atoms with Gasteiger partial charge in [0.1, 0.15) is 0 Å². The number of carbonyl (C=O) groups is 2. The summed E-state index contributed by atoms with van der Waals surface area (Å²) in [4.78, 5) is 30.8. The van der Waals surface area contributed by atoms with Gasteiger partial charge in [-0.2, -0.15) is 0 Å². The lowest BCUT2D eigenvalue weighted by molar-refractivity contribution is -0.122. The fraction of sp³-hybridized carbons (Fsp3) is 0.261. The first-order valence-corrected chi connectivity index (χ1v) is 11.1. The van der Waals surface area contributed by atoms with Gasteiger partial charge in [0.15, 0.2) is 5.13 Å². The van der Waals surface area contributed by atoms with Gasteiger partial charge in [0, 0.05) is 22.0 Å². The number of nitrogens with one attached hydrogen (secondary N) is 2. The first-order valence-electron chi connectivity index (χ1n) is 9.89. The van der Waals surface area contributed by atoms with E-state index in [1.54, 1.807) is 12.1 Å². The molecule has 2 amide bonds. The SMILES string of the molecule is Cc1ccc(C(=O)Nc2nc3c(s2)CC[C@H]3C(=O)NCCc2ccc(Cl)cc2)cc1. The first-order chi connectivity index (χ1) is 14.5. The van der Waals surface area contributed by atoms with E-state index in [4.69, 9.17) is 11.6 Å². The van der Waals surface area contributed by atoms with Crippen molar-refractivity contribution in [3.8, 4) is 0 Å². The van der Waals surface area contributed by atoms with E-state index in [2.05, 4.69) is 15.6 Å². The van der Waals surface area contributed by atoms with Crippen molar-refractivity contribution in [3.05, 3.63) is 80.8 Å². The second kappa shape index (κ2) is 8.98. The summed E-state index contributed by atoms with van der Waals surface area (Å²) in [5.74, 6) is -0.456. The summed E-state index contributed by atoms with van der Waals surface area (Å²) >= 11 is 7.36. The van der Waals surface area contributed by atoms with E-state index in [0.717, 1.165) is 41.0 Å². The molecule has 1 heterocycles. The van der Waals surface area contributed by atoms with Crippen molar-refractivity contribution < 1.29 is 9.59 Å². The second-order valence-electron chi connectivity index (χ2n) is 7.41. The average molecular weight is 440 g/mol. The Morgan fingerprint density at radius 3 is 2.60 bits per heavy atom. The summed E-state index contributed by atoms with van der Waals surface area (Å²) in [5.41, 5.74) is 3.61. The van der Waals surface area contributed by atoms with Gasteiger partial charge in [-0.15, -0.1) is 11.3 Å². The molecule has 30 heavy (non-hydrogen) atoms. The molecule has 4 rings (SSSR count). The van der Waals surface area contributed by atoms with E-state index in [1.165, 1.54) is 11.3 Å². The van der Waals surface area contributed by atoms with Gasteiger partial charge >= 0.3 is 0 Å². The number of anilines is 1. The molecule has 3 aromatic rings. The van der Waals surface area contributed by atoms with Gasteiger partial charge < -0.3 is 5.32 Å². The van der Waals surface area contributed by atoms with Crippen LogP contribution < -0.4 is 10.6 Å². The predicted octanol–water partition coefficient (Wildman–Crippen LogP) is 4.75. The fourth-order valence-electron chi connectivity index (χ4n) is 3.51. The molecule has 1 aliphatic rings. The lowest BCUT2D eigenvalue weighted by Crippen LogP contribution is -2.30. The maximum absolute atomic E-state index is 12.7. The third-order valence-electron chi connectivity index (χ3n) is 5.19. The third-order valence-corrected chi connectivity index (χ3v) is 6.49. The van der Waals surface area contributed by atoms with Crippen molar-refractivity contribution in [3.63, 3.8) is 0 Å². The van der Waals surface area contributed by atoms with Crippen molar-refractivity contribution in [1.82, 2.24) is 10.3 Å². The van der Waals surface area contributed by atoms with E-state index in [1.807, 2.05) is 43.3 Å². The molecule has 1 atom stereocenters. The predicted molar refractivity (Wildman–Crippen MR) is 120 cm³/mol. The van der Waals surface area contributed by atoms with Crippen LogP contribution in [0.3, 0.4) is 0 Å². The number of hydrogen-bond acceptors (Lipinski definition) is 4. The number of rotatable bonds is 6. The quantitative estimate of drug-likeness (QED) is 0.582. The Labute approximate surface area is 184 Å². The number of fused-ring (bicyclic) bond motifs is 1. The standard InChI is InChI=1S/C23H22ClN3O2S/c1-14-2-6-16(7-3-14)21(28)27-23-26-20-18(10-11-19(20)30-23)22(29)25-13-12-15-4-8-17(24)9-5-15/h2-9,18H,10-13H2,1H3,(H,25,29)(H,26,27,28)/t18-/m1/s1. The molecule has 0 saturated carbocycles. The summed E-state index contributed by atoms with van der Waals surface area (Å²) in [6, 6.07) is 15.0. The highest BCUT2D eigenvalue weighted by molar-refractivity contribution is 7.16. The number of carbonyl (C=O) groups excluding carboxylic acids is 2. The molecule has 0 unspecified atom stereocenters. The smallest absolute Gasteiger partial charge is 0.257 e. The minimum Gasteiger partial charge on any atom is -0.355 e. The van der Waals surface area contributed by atoms with Crippen LogP contribution in [0.25, 0.3) is 0 Å². The highest BCUT2D eigenvalue weighted by Crippen LogP contribution is 2.38. The molecule has 1 aromatic heterocycles. The number of thiazole rings is 1. The van der Waals surface area contributed by atoms with Crippen molar-refractivity contribution in [2.45, 2.75) is 32.1 Å². The molecule has 0 radical (unpaired) electrons. The van der Waals surface area contributed by atoms with Gasteiger partial charge in [-0.1, -0.05) is 41.4 Å². The van der Waals surface area contributed by atoms with Crippen molar-refractivity contribution in [2.24, 2.45) is 0 Å². The van der Waals surface area contributed by atoms with Crippen LogP contribution in [0.4, 0.5) is 5.13 Å². The monoisotopic (exact) mass is 439 g/mol. The number of amides is 2. The largest absolute Gasteiger partial charge is 0.355 e. The van der Waals surface area contributed by atoms with Crippen molar-refractivity contribution in [2.75, 3.05) is 11.9 Å². The van der Waals surface area contributed by atoms with Crippen molar-refractivity contribution >= 4 is 39.9 Å². The van der Waals surface area contributed by atoms with Gasteiger partial charge in [0.25, 0.3) is 5.91 Å². The summed E-state index contributed by atoms with van der Waals surface area (Å²) < 4.78 is 0. The van der Waals surface area contributed by atoms with Crippen LogP contribution in [0.2, 0.25) is 5.02 Å². The molecule has 154 valence electrons. The van der Waals surface area contributed by atoms with Crippen LogP contribution >= 0.6 is 22.9 Å². The van der Waals surface area contributed by atoms with Gasteiger partial charge in [-0.05, 0) is 56.0 Å². The first kappa shape index (κ1) is 20.6. The Bertz CT molecular complexity index is 1060.